The van der Waals surface area contributed by atoms with Gasteiger partial charge in [0.25, 0.3) is 11.6 Å². The molecule has 0 radical (unpaired) electrons. The lowest BCUT2D eigenvalue weighted by atomic mass is 10.00. The number of aliphatic hydroxyl groups excluding tert-OH is 1. The summed E-state index contributed by atoms with van der Waals surface area (Å²) in [6.45, 7) is 1.10. The lowest BCUT2D eigenvalue weighted by Gasteiger charge is -2.18. The third-order valence-corrected chi connectivity index (χ3v) is 4.66. The van der Waals surface area contributed by atoms with Gasteiger partial charge in [0.15, 0.2) is 0 Å². The van der Waals surface area contributed by atoms with E-state index in [1.165, 1.54) is 18.2 Å². The van der Waals surface area contributed by atoms with E-state index in [1.807, 2.05) is 0 Å². The molecule has 1 saturated carbocycles. The van der Waals surface area contributed by atoms with Crippen LogP contribution in [0.15, 0.2) is 18.2 Å². The monoisotopic (exact) mass is 310 g/mol. The van der Waals surface area contributed by atoms with Gasteiger partial charge >= 0.3 is 0 Å². The van der Waals surface area contributed by atoms with E-state index in [1.54, 1.807) is 4.90 Å². The lowest BCUT2D eigenvalue weighted by molar-refractivity contribution is -0.384. The van der Waals surface area contributed by atoms with Crippen LogP contribution in [-0.4, -0.2) is 40.0 Å². The molecule has 1 aromatic rings. The molecular weight excluding hydrogens is 296 g/mol. The number of non-ortho nitro benzene ring substituents is 1. The average Bonchev–Trinajstić information content (AvgIpc) is 3.00. The van der Waals surface area contributed by atoms with E-state index < -0.39 is 4.92 Å². The van der Waals surface area contributed by atoms with Crippen molar-refractivity contribution in [3.8, 4) is 0 Å². The van der Waals surface area contributed by atoms with Crippen molar-refractivity contribution in [3.05, 3.63) is 38.9 Å². The summed E-state index contributed by atoms with van der Waals surface area (Å²) in [4.78, 5) is 24.4. The zero-order valence-electron chi connectivity index (χ0n) is 11.2. The minimum Gasteiger partial charge on any atom is -0.393 e. The van der Waals surface area contributed by atoms with Crippen LogP contribution in [0.5, 0.6) is 0 Å². The molecule has 1 N–H and O–H groups in total. The summed E-state index contributed by atoms with van der Waals surface area (Å²) in [5, 5.41) is 20.9. The number of fused-ring (bicyclic) bond motifs is 1. The summed E-state index contributed by atoms with van der Waals surface area (Å²) in [6.07, 6.45) is 1.37. The third kappa shape index (κ3) is 2.61. The van der Waals surface area contributed by atoms with E-state index in [9.17, 15) is 20.0 Å². The maximum atomic E-state index is 12.5. The van der Waals surface area contributed by atoms with Crippen molar-refractivity contribution in [1.82, 2.24) is 4.90 Å². The minimum atomic E-state index is -0.564. The number of amides is 1. The van der Waals surface area contributed by atoms with Crippen molar-refractivity contribution < 1.29 is 14.8 Å². The van der Waals surface area contributed by atoms with E-state index in [4.69, 9.17) is 11.6 Å². The minimum absolute atomic E-state index is 0.128. The van der Waals surface area contributed by atoms with Crippen LogP contribution in [0.4, 0.5) is 5.69 Å². The molecule has 1 aliphatic carbocycles. The largest absolute Gasteiger partial charge is 0.393 e. The van der Waals surface area contributed by atoms with Gasteiger partial charge in [-0.3, -0.25) is 14.9 Å². The van der Waals surface area contributed by atoms with Gasteiger partial charge in [0, 0.05) is 41.7 Å². The van der Waals surface area contributed by atoms with Gasteiger partial charge in [-0.05, 0) is 24.8 Å². The van der Waals surface area contributed by atoms with Crippen LogP contribution < -0.4 is 0 Å². The predicted octanol–water partition coefficient (Wildman–Crippen LogP) is 2.09. The van der Waals surface area contributed by atoms with E-state index >= 15 is 0 Å². The van der Waals surface area contributed by atoms with Crippen LogP contribution in [0.2, 0.25) is 5.02 Å². The molecule has 112 valence electrons. The van der Waals surface area contributed by atoms with Crippen LogP contribution in [0, 0.1) is 22.0 Å². The first-order valence-corrected chi connectivity index (χ1v) is 7.26. The number of rotatable bonds is 2. The molecule has 3 unspecified atom stereocenters. The summed E-state index contributed by atoms with van der Waals surface area (Å²) in [5.74, 6) is 0.198. The van der Waals surface area contributed by atoms with Crippen LogP contribution in [0.25, 0.3) is 0 Å². The molecule has 1 heterocycles. The zero-order chi connectivity index (χ0) is 15.1. The van der Waals surface area contributed by atoms with E-state index in [0.29, 0.717) is 19.0 Å². The molecule has 0 bridgehead atoms. The highest BCUT2D eigenvalue weighted by Crippen LogP contribution is 2.38. The Morgan fingerprint density at radius 2 is 2.10 bits per heavy atom. The number of halogens is 1. The van der Waals surface area contributed by atoms with E-state index in [-0.39, 0.29) is 34.2 Å². The van der Waals surface area contributed by atoms with Crippen LogP contribution in [0.3, 0.4) is 0 Å². The summed E-state index contributed by atoms with van der Waals surface area (Å²) in [5.41, 5.74) is 0.0361. The first-order valence-electron chi connectivity index (χ1n) is 6.88. The Hall–Kier alpha value is -1.66. The second-order valence-corrected chi connectivity index (χ2v) is 6.17. The molecule has 3 atom stereocenters. The van der Waals surface area contributed by atoms with Gasteiger partial charge < -0.3 is 10.0 Å². The number of hydrogen-bond donors (Lipinski definition) is 1. The normalized spacial score (nSPS) is 27.7. The van der Waals surface area contributed by atoms with Crippen molar-refractivity contribution in [1.29, 1.82) is 0 Å². The van der Waals surface area contributed by atoms with Gasteiger partial charge in [-0.15, -0.1) is 0 Å². The number of nitrogens with zero attached hydrogens (tertiary/aromatic N) is 2. The average molecular weight is 311 g/mol. The zero-order valence-corrected chi connectivity index (χ0v) is 12.0. The van der Waals surface area contributed by atoms with Crippen LogP contribution >= 0.6 is 11.6 Å². The fraction of sp³-hybridized carbons (Fsp3) is 0.500. The number of likely N-dealkylation sites (tertiary alicyclic amines) is 1. The number of nitro benzene ring substituents is 1. The summed E-state index contributed by atoms with van der Waals surface area (Å²) < 4.78 is 0. The van der Waals surface area contributed by atoms with Crippen molar-refractivity contribution in [2.45, 2.75) is 18.9 Å². The Kier molecular flexibility index (Phi) is 3.59. The number of carbonyl (C=O) groups is 1. The smallest absolute Gasteiger partial charge is 0.271 e. The van der Waals surface area contributed by atoms with E-state index in [2.05, 4.69) is 0 Å². The summed E-state index contributed by atoms with van der Waals surface area (Å²) >= 11 is 5.85. The van der Waals surface area contributed by atoms with Gasteiger partial charge in [-0.2, -0.15) is 0 Å². The van der Waals surface area contributed by atoms with Crippen molar-refractivity contribution in [2.75, 3.05) is 13.1 Å². The second-order valence-electron chi connectivity index (χ2n) is 5.73. The molecule has 0 aromatic heterocycles. The van der Waals surface area contributed by atoms with Gasteiger partial charge in [0.2, 0.25) is 0 Å². The van der Waals surface area contributed by atoms with Crippen LogP contribution in [-0.2, 0) is 0 Å². The van der Waals surface area contributed by atoms with Gasteiger partial charge in [-0.25, -0.2) is 0 Å². The Bertz CT molecular complexity index is 607. The number of aliphatic hydroxyl groups is 1. The number of carbonyl (C=O) groups excluding carboxylic acids is 1. The first-order chi connectivity index (χ1) is 9.95. The topological polar surface area (TPSA) is 83.7 Å². The first kappa shape index (κ1) is 14.3. The third-order valence-electron chi connectivity index (χ3n) is 4.45. The lowest BCUT2D eigenvalue weighted by Crippen LogP contribution is -2.31. The molecule has 0 spiro atoms. The number of hydrogen-bond acceptors (Lipinski definition) is 4. The molecule has 1 aromatic carbocycles. The van der Waals surface area contributed by atoms with Crippen molar-refractivity contribution >= 4 is 23.2 Å². The Morgan fingerprint density at radius 3 is 2.76 bits per heavy atom. The Labute approximate surface area is 126 Å². The maximum Gasteiger partial charge on any atom is 0.271 e. The fourth-order valence-electron chi connectivity index (χ4n) is 3.39. The van der Waals surface area contributed by atoms with Crippen LogP contribution in [0.1, 0.15) is 23.2 Å². The standard InChI is InChI=1S/C14H15ClN2O4/c15-10-3-9(4-11(5-10)17(20)21)14(19)16-6-8-1-2-13(18)12(8)7-16/h3-5,8,12-13,18H,1-2,6-7H2. The molecule has 21 heavy (non-hydrogen) atoms. The quantitative estimate of drug-likeness (QED) is 0.669. The molecule has 2 aliphatic rings. The molecule has 1 amide bonds. The molecule has 1 saturated heterocycles. The van der Waals surface area contributed by atoms with Gasteiger partial charge in [0.1, 0.15) is 0 Å². The highest BCUT2D eigenvalue weighted by molar-refractivity contribution is 6.31. The molecule has 7 heteroatoms. The molecule has 2 fully saturated rings. The van der Waals surface area contributed by atoms with Gasteiger partial charge in [-0.1, -0.05) is 11.6 Å². The summed E-state index contributed by atoms with van der Waals surface area (Å²) in [7, 11) is 0. The fourth-order valence-corrected chi connectivity index (χ4v) is 3.62. The highest BCUT2D eigenvalue weighted by Gasteiger charge is 2.43. The molecule has 6 nitrogen and oxygen atoms in total. The SMILES string of the molecule is O=C(c1cc(Cl)cc([N+](=O)[O-])c1)N1CC2CCC(O)C2C1. The van der Waals surface area contributed by atoms with E-state index in [0.717, 1.165) is 12.8 Å². The summed E-state index contributed by atoms with van der Waals surface area (Å²) in [6, 6.07) is 3.92. The second kappa shape index (κ2) is 5.27. The van der Waals surface area contributed by atoms with Crippen molar-refractivity contribution in [3.63, 3.8) is 0 Å². The molecular formula is C14H15ClN2O4. The predicted molar refractivity (Wildman–Crippen MR) is 76.2 cm³/mol. The maximum absolute atomic E-state index is 12.5. The highest BCUT2D eigenvalue weighted by atomic mass is 35.5. The molecule has 3 rings (SSSR count). The number of nitro groups is 1. The Morgan fingerprint density at radius 1 is 1.33 bits per heavy atom. The number of benzene rings is 1. The van der Waals surface area contributed by atoms with Crippen molar-refractivity contribution in [2.24, 2.45) is 11.8 Å². The Balaban J connectivity index is 1.82. The molecule has 1 aliphatic heterocycles. The van der Waals surface area contributed by atoms with Gasteiger partial charge in [0.05, 0.1) is 11.0 Å².